The molecule has 0 aliphatic rings. The first-order valence-electron chi connectivity index (χ1n) is 8.14. The molecule has 0 unspecified atom stereocenters. The Labute approximate surface area is 128 Å². The van der Waals surface area contributed by atoms with E-state index in [0.717, 1.165) is 55.1 Å². The molecule has 0 aliphatic carbocycles. The largest absolute Gasteiger partial charge is 0.384 e. The molecule has 0 bridgehead atoms. The van der Waals surface area contributed by atoms with Crippen molar-refractivity contribution in [1.29, 1.82) is 0 Å². The molecular formula is C18H27N3. The zero-order chi connectivity index (χ0) is 15.2. The Kier molecular flexibility index (Phi) is 5.43. The van der Waals surface area contributed by atoms with Gasteiger partial charge in [0.05, 0.1) is 5.69 Å². The van der Waals surface area contributed by atoms with Gasteiger partial charge in [0.1, 0.15) is 11.6 Å². The average Bonchev–Trinajstić information content (AvgIpc) is 2.85. The van der Waals surface area contributed by atoms with Crippen molar-refractivity contribution >= 4 is 5.82 Å². The van der Waals surface area contributed by atoms with Crippen molar-refractivity contribution in [3.63, 3.8) is 0 Å². The van der Waals surface area contributed by atoms with Crippen LogP contribution in [0, 0.1) is 0 Å². The van der Waals surface area contributed by atoms with Gasteiger partial charge in [-0.2, -0.15) is 0 Å². The Hall–Kier alpha value is -1.77. The lowest BCUT2D eigenvalue weighted by Crippen LogP contribution is -2.07. The summed E-state index contributed by atoms with van der Waals surface area (Å²) in [7, 11) is 0. The van der Waals surface area contributed by atoms with Crippen LogP contribution in [-0.4, -0.2) is 9.55 Å². The molecule has 2 aromatic rings. The SMILES string of the molecule is CCCCn1c(-c2ccccc2)nc(C(CC)CC)c1N. The van der Waals surface area contributed by atoms with Gasteiger partial charge in [-0.05, 0) is 19.3 Å². The number of nitrogens with two attached hydrogens (primary N) is 1. The van der Waals surface area contributed by atoms with Crippen molar-refractivity contribution in [1.82, 2.24) is 9.55 Å². The Bertz CT molecular complexity index is 553. The number of unbranched alkanes of at least 4 members (excludes halogenated alkanes) is 1. The van der Waals surface area contributed by atoms with Crippen LogP contribution < -0.4 is 5.73 Å². The summed E-state index contributed by atoms with van der Waals surface area (Å²) >= 11 is 0. The molecule has 2 rings (SSSR count). The van der Waals surface area contributed by atoms with E-state index < -0.39 is 0 Å². The minimum Gasteiger partial charge on any atom is -0.384 e. The van der Waals surface area contributed by atoms with Crippen molar-refractivity contribution in [2.75, 3.05) is 5.73 Å². The normalized spacial score (nSPS) is 11.2. The van der Waals surface area contributed by atoms with Crippen LogP contribution in [0.25, 0.3) is 11.4 Å². The van der Waals surface area contributed by atoms with Gasteiger partial charge in [-0.15, -0.1) is 0 Å². The van der Waals surface area contributed by atoms with Gasteiger partial charge >= 0.3 is 0 Å². The lowest BCUT2D eigenvalue weighted by Gasteiger charge is -2.11. The predicted molar refractivity (Wildman–Crippen MR) is 90.3 cm³/mol. The monoisotopic (exact) mass is 285 g/mol. The molecule has 0 atom stereocenters. The molecule has 0 saturated heterocycles. The second kappa shape index (κ2) is 7.30. The molecule has 0 spiro atoms. The molecule has 1 aromatic heterocycles. The number of benzene rings is 1. The molecule has 0 fully saturated rings. The van der Waals surface area contributed by atoms with Gasteiger partial charge in [-0.25, -0.2) is 4.98 Å². The first-order chi connectivity index (χ1) is 10.2. The van der Waals surface area contributed by atoms with E-state index in [9.17, 15) is 0 Å². The summed E-state index contributed by atoms with van der Waals surface area (Å²) in [6, 6.07) is 10.4. The third kappa shape index (κ3) is 3.29. The lowest BCUT2D eigenvalue weighted by molar-refractivity contribution is 0.622. The maximum absolute atomic E-state index is 6.43. The van der Waals surface area contributed by atoms with Crippen LogP contribution in [0.4, 0.5) is 5.82 Å². The summed E-state index contributed by atoms with van der Waals surface area (Å²) in [4.78, 5) is 4.91. The average molecular weight is 285 g/mol. The maximum atomic E-state index is 6.43. The number of rotatable bonds is 7. The first kappa shape index (κ1) is 15.6. The Morgan fingerprint density at radius 3 is 2.33 bits per heavy atom. The Morgan fingerprint density at radius 1 is 1.10 bits per heavy atom. The number of imidazole rings is 1. The van der Waals surface area contributed by atoms with Crippen molar-refractivity contribution in [2.24, 2.45) is 0 Å². The van der Waals surface area contributed by atoms with E-state index in [1.165, 1.54) is 0 Å². The minimum atomic E-state index is 0.454. The number of nitrogen functional groups attached to an aromatic ring is 1. The van der Waals surface area contributed by atoms with Crippen LogP contribution >= 0.6 is 0 Å². The molecule has 0 aliphatic heterocycles. The smallest absolute Gasteiger partial charge is 0.141 e. The quantitative estimate of drug-likeness (QED) is 0.791. The van der Waals surface area contributed by atoms with E-state index in [0.29, 0.717) is 5.92 Å². The van der Waals surface area contributed by atoms with Gasteiger partial charge in [-0.3, -0.25) is 0 Å². The number of hydrogen-bond donors (Lipinski definition) is 1. The lowest BCUT2D eigenvalue weighted by atomic mass is 9.99. The van der Waals surface area contributed by atoms with Gasteiger partial charge in [0.15, 0.2) is 0 Å². The van der Waals surface area contributed by atoms with E-state index >= 15 is 0 Å². The van der Waals surface area contributed by atoms with Crippen molar-refractivity contribution in [3.05, 3.63) is 36.0 Å². The molecule has 21 heavy (non-hydrogen) atoms. The molecule has 0 radical (unpaired) electrons. The van der Waals surface area contributed by atoms with E-state index in [1.807, 2.05) is 6.07 Å². The van der Waals surface area contributed by atoms with E-state index in [2.05, 4.69) is 49.6 Å². The molecule has 3 nitrogen and oxygen atoms in total. The number of anilines is 1. The fourth-order valence-electron chi connectivity index (χ4n) is 2.81. The van der Waals surface area contributed by atoms with E-state index in [-0.39, 0.29) is 0 Å². The summed E-state index contributed by atoms with van der Waals surface area (Å²) < 4.78 is 2.20. The van der Waals surface area contributed by atoms with Crippen LogP contribution in [0.2, 0.25) is 0 Å². The highest BCUT2D eigenvalue weighted by Crippen LogP contribution is 2.32. The molecule has 1 aromatic carbocycles. The predicted octanol–water partition coefficient (Wildman–Crippen LogP) is 4.84. The van der Waals surface area contributed by atoms with Crippen molar-refractivity contribution in [2.45, 2.75) is 58.9 Å². The van der Waals surface area contributed by atoms with Crippen molar-refractivity contribution < 1.29 is 0 Å². The van der Waals surface area contributed by atoms with E-state index in [4.69, 9.17) is 10.7 Å². The summed E-state index contributed by atoms with van der Waals surface area (Å²) in [5.74, 6) is 2.33. The van der Waals surface area contributed by atoms with Crippen LogP contribution in [0.15, 0.2) is 30.3 Å². The van der Waals surface area contributed by atoms with Crippen LogP contribution in [-0.2, 0) is 6.54 Å². The summed E-state index contributed by atoms with van der Waals surface area (Å²) in [6.45, 7) is 7.57. The van der Waals surface area contributed by atoms with E-state index in [1.54, 1.807) is 0 Å². The molecule has 1 heterocycles. The Balaban J connectivity index is 2.49. The van der Waals surface area contributed by atoms with Gasteiger partial charge in [0, 0.05) is 18.0 Å². The maximum Gasteiger partial charge on any atom is 0.141 e. The first-order valence-corrected chi connectivity index (χ1v) is 8.14. The number of hydrogen-bond acceptors (Lipinski definition) is 2. The topological polar surface area (TPSA) is 43.8 Å². The zero-order valence-corrected chi connectivity index (χ0v) is 13.5. The van der Waals surface area contributed by atoms with Crippen molar-refractivity contribution in [3.8, 4) is 11.4 Å². The molecular weight excluding hydrogens is 258 g/mol. The Morgan fingerprint density at radius 2 is 1.76 bits per heavy atom. The molecule has 2 N–H and O–H groups in total. The fraction of sp³-hybridized carbons (Fsp3) is 0.500. The van der Waals surface area contributed by atoms with Gasteiger partial charge in [-0.1, -0.05) is 57.5 Å². The molecule has 0 amide bonds. The third-order valence-corrected chi connectivity index (χ3v) is 4.17. The highest BCUT2D eigenvalue weighted by atomic mass is 15.1. The molecule has 0 saturated carbocycles. The molecule has 114 valence electrons. The second-order valence-corrected chi connectivity index (χ2v) is 5.59. The number of nitrogens with zero attached hydrogens (tertiary/aromatic N) is 2. The van der Waals surface area contributed by atoms with Crippen LogP contribution in [0.1, 0.15) is 58.1 Å². The standard InChI is InChI=1S/C18H27N3/c1-4-7-13-21-17(19)16(14(5-2)6-3)20-18(21)15-11-9-8-10-12-15/h8-12,14H,4-7,13,19H2,1-3H3. The highest BCUT2D eigenvalue weighted by molar-refractivity contribution is 5.61. The summed E-state index contributed by atoms with van der Waals surface area (Å²) in [5.41, 5.74) is 8.66. The van der Waals surface area contributed by atoms with Gasteiger partial charge in [0.2, 0.25) is 0 Å². The van der Waals surface area contributed by atoms with Crippen LogP contribution in [0.3, 0.4) is 0 Å². The van der Waals surface area contributed by atoms with Gasteiger partial charge < -0.3 is 10.3 Å². The summed E-state index contributed by atoms with van der Waals surface area (Å²) in [5, 5.41) is 0. The van der Waals surface area contributed by atoms with Crippen LogP contribution in [0.5, 0.6) is 0 Å². The molecule has 3 heteroatoms. The fourth-order valence-corrected chi connectivity index (χ4v) is 2.81. The zero-order valence-electron chi connectivity index (χ0n) is 13.5. The second-order valence-electron chi connectivity index (χ2n) is 5.59. The summed E-state index contributed by atoms with van der Waals surface area (Å²) in [6.07, 6.45) is 4.45. The van der Waals surface area contributed by atoms with Gasteiger partial charge in [0.25, 0.3) is 0 Å². The third-order valence-electron chi connectivity index (χ3n) is 4.17. The minimum absolute atomic E-state index is 0.454. The highest BCUT2D eigenvalue weighted by Gasteiger charge is 2.20. The number of aromatic nitrogens is 2.